The van der Waals surface area contributed by atoms with E-state index in [0.717, 1.165) is 25.7 Å². The van der Waals surface area contributed by atoms with Crippen LogP contribution in [0.1, 0.15) is 46.5 Å². The Morgan fingerprint density at radius 2 is 1.80 bits per heavy atom. The second-order valence-electron chi connectivity index (χ2n) is 6.48. The summed E-state index contributed by atoms with van der Waals surface area (Å²) in [6.07, 6.45) is 5.89. The van der Waals surface area contributed by atoms with Crippen molar-refractivity contribution < 1.29 is 19.5 Å². The van der Waals surface area contributed by atoms with E-state index in [-0.39, 0.29) is 36.9 Å². The fourth-order valence-corrected chi connectivity index (χ4v) is 2.43. The van der Waals surface area contributed by atoms with Crippen LogP contribution in [0, 0.1) is 5.92 Å². The minimum Gasteiger partial charge on any atom is -0.396 e. The highest BCUT2D eigenvalue weighted by Crippen LogP contribution is 2.13. The van der Waals surface area contributed by atoms with E-state index in [1.165, 1.54) is 0 Å². The van der Waals surface area contributed by atoms with Gasteiger partial charge in [-0.1, -0.05) is 32.8 Å². The number of aliphatic hydroxyl groups is 1. The molecule has 7 heteroatoms. The van der Waals surface area contributed by atoms with Gasteiger partial charge in [0.15, 0.2) is 0 Å². The highest BCUT2D eigenvalue weighted by atomic mass is 16.3. The highest BCUT2D eigenvalue weighted by Gasteiger charge is 2.21. The average molecular weight is 355 g/mol. The average Bonchev–Trinajstić information content (AvgIpc) is 2.59. The topological polar surface area (TPSA) is 98.7 Å². The standard InChI is InChI=1S/C18H33N3O4/c1-14(2)16(21(4)17(24)12-19-13-23)11-15(3)18(25)20-9-7-5-6-8-10-22/h11,13-14,16,22H,5-10,12H2,1-4H3,(H,19,23)(H,20,25)/t16-/m1/s1. The van der Waals surface area contributed by atoms with Gasteiger partial charge in [-0.05, 0) is 25.7 Å². The quantitative estimate of drug-likeness (QED) is 0.259. The lowest BCUT2D eigenvalue weighted by Gasteiger charge is -2.29. The van der Waals surface area contributed by atoms with Crippen LogP contribution in [-0.2, 0) is 14.4 Å². The molecule has 3 N–H and O–H groups in total. The Kier molecular flexibility index (Phi) is 12.4. The molecule has 0 saturated heterocycles. The largest absolute Gasteiger partial charge is 0.396 e. The second-order valence-corrected chi connectivity index (χ2v) is 6.48. The van der Waals surface area contributed by atoms with Gasteiger partial charge in [0.25, 0.3) is 0 Å². The Morgan fingerprint density at radius 1 is 1.16 bits per heavy atom. The Balaban J connectivity index is 4.60. The summed E-state index contributed by atoms with van der Waals surface area (Å²) in [5.74, 6) is -0.217. The van der Waals surface area contributed by atoms with E-state index in [9.17, 15) is 14.4 Å². The van der Waals surface area contributed by atoms with Crippen molar-refractivity contribution in [2.45, 2.75) is 52.5 Å². The van der Waals surface area contributed by atoms with Gasteiger partial charge >= 0.3 is 0 Å². The number of nitrogens with zero attached hydrogens (tertiary/aromatic N) is 1. The third-order valence-electron chi connectivity index (χ3n) is 4.01. The van der Waals surface area contributed by atoms with Crippen molar-refractivity contribution in [3.63, 3.8) is 0 Å². The molecule has 0 aliphatic heterocycles. The van der Waals surface area contributed by atoms with E-state index >= 15 is 0 Å². The lowest BCUT2D eigenvalue weighted by molar-refractivity contribution is -0.132. The maximum absolute atomic E-state index is 12.2. The first-order chi connectivity index (χ1) is 11.8. The van der Waals surface area contributed by atoms with E-state index in [4.69, 9.17) is 5.11 Å². The Labute approximate surface area is 150 Å². The van der Waals surface area contributed by atoms with E-state index in [1.807, 2.05) is 13.8 Å². The normalized spacial score (nSPS) is 12.6. The molecule has 0 unspecified atom stereocenters. The van der Waals surface area contributed by atoms with Crippen LogP contribution < -0.4 is 10.6 Å². The van der Waals surface area contributed by atoms with Crippen molar-refractivity contribution in [2.75, 3.05) is 26.7 Å². The highest BCUT2D eigenvalue weighted by molar-refractivity contribution is 5.93. The summed E-state index contributed by atoms with van der Waals surface area (Å²) in [5, 5.41) is 14.0. The van der Waals surface area contributed by atoms with Gasteiger partial charge in [-0.3, -0.25) is 14.4 Å². The zero-order valence-electron chi connectivity index (χ0n) is 15.9. The molecule has 0 rings (SSSR count). The summed E-state index contributed by atoms with van der Waals surface area (Å²) in [7, 11) is 1.67. The van der Waals surface area contributed by atoms with Crippen LogP contribution in [0.5, 0.6) is 0 Å². The minimum absolute atomic E-state index is 0.0594. The zero-order chi connectivity index (χ0) is 19.2. The fourth-order valence-electron chi connectivity index (χ4n) is 2.43. The van der Waals surface area contributed by atoms with E-state index in [2.05, 4.69) is 10.6 Å². The molecule has 0 fully saturated rings. The third-order valence-corrected chi connectivity index (χ3v) is 4.01. The number of hydrogen-bond donors (Lipinski definition) is 3. The number of nitrogens with one attached hydrogen (secondary N) is 2. The molecule has 144 valence electrons. The van der Waals surface area contributed by atoms with Crippen LogP contribution in [0.3, 0.4) is 0 Å². The smallest absolute Gasteiger partial charge is 0.246 e. The molecule has 0 saturated carbocycles. The van der Waals surface area contributed by atoms with Crippen molar-refractivity contribution >= 4 is 18.2 Å². The SMILES string of the molecule is CC(=C[C@H](C(C)C)N(C)C(=O)CNC=O)C(=O)NCCCCCCO. The van der Waals surface area contributed by atoms with Gasteiger partial charge in [-0.2, -0.15) is 0 Å². The van der Waals surface area contributed by atoms with E-state index < -0.39 is 0 Å². The number of unbranched alkanes of at least 4 members (excludes halogenated alkanes) is 3. The first kappa shape index (κ1) is 23.1. The first-order valence-corrected chi connectivity index (χ1v) is 8.85. The summed E-state index contributed by atoms with van der Waals surface area (Å²) in [6.45, 7) is 6.43. The van der Waals surface area contributed by atoms with Gasteiger partial charge in [0.2, 0.25) is 18.2 Å². The first-order valence-electron chi connectivity index (χ1n) is 8.85. The molecule has 0 bridgehead atoms. The predicted octanol–water partition coefficient (Wildman–Crippen LogP) is 0.831. The van der Waals surface area contributed by atoms with Crippen molar-refractivity contribution in [2.24, 2.45) is 5.92 Å². The van der Waals surface area contributed by atoms with Crippen LogP contribution >= 0.6 is 0 Å². The lowest BCUT2D eigenvalue weighted by Crippen LogP contribution is -2.43. The lowest BCUT2D eigenvalue weighted by atomic mass is 9.99. The van der Waals surface area contributed by atoms with Crippen molar-refractivity contribution in [3.05, 3.63) is 11.6 Å². The number of hydrogen-bond acceptors (Lipinski definition) is 4. The Bertz CT molecular complexity index is 450. The molecule has 7 nitrogen and oxygen atoms in total. The third kappa shape index (κ3) is 9.86. The van der Waals surface area contributed by atoms with Crippen molar-refractivity contribution in [1.29, 1.82) is 0 Å². The molecule has 0 aliphatic carbocycles. The molecule has 0 heterocycles. The maximum Gasteiger partial charge on any atom is 0.246 e. The maximum atomic E-state index is 12.2. The summed E-state index contributed by atoms with van der Waals surface area (Å²) in [6, 6.07) is -0.226. The van der Waals surface area contributed by atoms with Crippen LogP contribution in [0.15, 0.2) is 11.6 Å². The fraction of sp³-hybridized carbons (Fsp3) is 0.722. The van der Waals surface area contributed by atoms with Gasteiger partial charge < -0.3 is 20.6 Å². The number of amides is 3. The molecule has 0 radical (unpaired) electrons. The Morgan fingerprint density at radius 3 is 2.36 bits per heavy atom. The summed E-state index contributed by atoms with van der Waals surface area (Å²) in [4.78, 5) is 36.1. The van der Waals surface area contributed by atoms with Gasteiger partial charge in [0.05, 0.1) is 12.6 Å². The summed E-state index contributed by atoms with van der Waals surface area (Å²) in [5.41, 5.74) is 0.567. The second kappa shape index (κ2) is 13.4. The molecule has 0 aromatic heterocycles. The van der Waals surface area contributed by atoms with Crippen LogP contribution in [0.25, 0.3) is 0 Å². The molecule has 0 aliphatic rings. The number of carbonyl (C=O) groups is 3. The molecule has 1 atom stereocenters. The van der Waals surface area contributed by atoms with Gasteiger partial charge in [0, 0.05) is 25.8 Å². The monoisotopic (exact) mass is 355 g/mol. The molecule has 0 aromatic carbocycles. The molecule has 3 amide bonds. The number of aliphatic hydroxyl groups excluding tert-OH is 1. The molecule has 0 aromatic rings. The zero-order valence-corrected chi connectivity index (χ0v) is 15.9. The molecular weight excluding hydrogens is 322 g/mol. The molecule has 25 heavy (non-hydrogen) atoms. The van der Waals surface area contributed by atoms with E-state index in [0.29, 0.717) is 18.5 Å². The molecule has 0 spiro atoms. The van der Waals surface area contributed by atoms with Crippen LogP contribution in [-0.4, -0.2) is 61.0 Å². The minimum atomic E-state index is -0.226. The number of carbonyl (C=O) groups excluding carboxylic acids is 3. The van der Waals surface area contributed by atoms with Crippen LogP contribution in [0.2, 0.25) is 0 Å². The summed E-state index contributed by atoms with van der Waals surface area (Å²) < 4.78 is 0. The predicted molar refractivity (Wildman–Crippen MR) is 97.8 cm³/mol. The van der Waals surface area contributed by atoms with E-state index in [1.54, 1.807) is 24.9 Å². The van der Waals surface area contributed by atoms with Crippen molar-refractivity contribution in [1.82, 2.24) is 15.5 Å². The van der Waals surface area contributed by atoms with Gasteiger partial charge in [-0.25, -0.2) is 0 Å². The molecular formula is C18H33N3O4. The Hall–Kier alpha value is -1.89. The van der Waals surface area contributed by atoms with Gasteiger partial charge in [0.1, 0.15) is 0 Å². The van der Waals surface area contributed by atoms with Crippen LogP contribution in [0.4, 0.5) is 0 Å². The van der Waals surface area contributed by atoms with Gasteiger partial charge in [-0.15, -0.1) is 0 Å². The summed E-state index contributed by atoms with van der Waals surface area (Å²) >= 11 is 0. The number of rotatable bonds is 13. The van der Waals surface area contributed by atoms with Crippen molar-refractivity contribution in [3.8, 4) is 0 Å². The number of likely N-dealkylation sites (N-methyl/N-ethyl adjacent to an activating group) is 1.